The Morgan fingerprint density at radius 3 is 2.57 bits per heavy atom. The van der Waals surface area contributed by atoms with Crippen LogP contribution in [0.15, 0.2) is 0 Å². The van der Waals surface area contributed by atoms with Crippen molar-refractivity contribution in [2.45, 2.75) is 52.0 Å². The number of nitrogens with one attached hydrogen (secondary N) is 1. The molecule has 2 nitrogen and oxygen atoms in total. The summed E-state index contributed by atoms with van der Waals surface area (Å²) in [4.78, 5) is 0. The molecule has 1 aliphatic rings. The van der Waals surface area contributed by atoms with Crippen molar-refractivity contribution >= 4 is 0 Å². The van der Waals surface area contributed by atoms with Gasteiger partial charge in [0.1, 0.15) is 0 Å². The molecular formula is C12H25NO. The maximum absolute atomic E-state index is 5.52. The van der Waals surface area contributed by atoms with Crippen molar-refractivity contribution in [3.05, 3.63) is 0 Å². The van der Waals surface area contributed by atoms with Crippen molar-refractivity contribution in [2.75, 3.05) is 19.8 Å². The summed E-state index contributed by atoms with van der Waals surface area (Å²) in [5.74, 6) is 0.828. The van der Waals surface area contributed by atoms with Crippen molar-refractivity contribution in [3.8, 4) is 0 Å². The Labute approximate surface area is 88.4 Å². The zero-order chi connectivity index (χ0) is 10.4. The van der Waals surface area contributed by atoms with E-state index in [1.165, 1.54) is 25.7 Å². The highest BCUT2D eigenvalue weighted by Gasteiger charge is 2.27. The molecule has 2 heteroatoms. The summed E-state index contributed by atoms with van der Waals surface area (Å²) < 4.78 is 5.52. The summed E-state index contributed by atoms with van der Waals surface area (Å²) in [6.07, 6.45) is 5.01. The van der Waals surface area contributed by atoms with Gasteiger partial charge in [0.25, 0.3) is 0 Å². The zero-order valence-corrected chi connectivity index (χ0v) is 9.94. The SMILES string of the molecule is CCC(CC)CNC1(C)CCCOC1. The van der Waals surface area contributed by atoms with E-state index < -0.39 is 0 Å². The predicted molar refractivity (Wildman–Crippen MR) is 60.5 cm³/mol. The van der Waals surface area contributed by atoms with E-state index in [0.29, 0.717) is 0 Å². The summed E-state index contributed by atoms with van der Waals surface area (Å²) in [7, 11) is 0. The molecule has 0 bridgehead atoms. The largest absolute Gasteiger partial charge is 0.380 e. The lowest BCUT2D eigenvalue weighted by Crippen LogP contribution is -2.50. The molecule has 0 saturated carbocycles. The van der Waals surface area contributed by atoms with Gasteiger partial charge in [-0.2, -0.15) is 0 Å². The van der Waals surface area contributed by atoms with Crippen LogP contribution in [-0.4, -0.2) is 25.3 Å². The van der Waals surface area contributed by atoms with E-state index in [1.54, 1.807) is 0 Å². The second kappa shape index (κ2) is 5.72. The molecule has 1 fully saturated rings. The Morgan fingerprint density at radius 2 is 2.07 bits per heavy atom. The first-order chi connectivity index (χ1) is 6.70. The second-order valence-corrected chi connectivity index (χ2v) is 4.78. The Kier molecular flexibility index (Phi) is 4.90. The van der Waals surface area contributed by atoms with Crippen LogP contribution in [0.4, 0.5) is 0 Å². The number of hydrogen-bond acceptors (Lipinski definition) is 2. The van der Waals surface area contributed by atoms with Gasteiger partial charge in [0.2, 0.25) is 0 Å². The number of ether oxygens (including phenoxy) is 1. The average molecular weight is 199 g/mol. The fraction of sp³-hybridized carbons (Fsp3) is 1.00. The average Bonchev–Trinajstić information content (AvgIpc) is 2.20. The first kappa shape index (κ1) is 12.0. The van der Waals surface area contributed by atoms with Crippen LogP contribution in [0.25, 0.3) is 0 Å². The molecule has 0 spiro atoms. The van der Waals surface area contributed by atoms with Crippen LogP contribution in [0.5, 0.6) is 0 Å². The minimum atomic E-state index is 0.237. The molecule has 14 heavy (non-hydrogen) atoms. The lowest BCUT2D eigenvalue weighted by molar-refractivity contribution is 0.0267. The zero-order valence-electron chi connectivity index (χ0n) is 9.94. The smallest absolute Gasteiger partial charge is 0.0645 e. The van der Waals surface area contributed by atoms with Crippen molar-refractivity contribution in [3.63, 3.8) is 0 Å². The summed E-state index contributed by atoms with van der Waals surface area (Å²) in [5.41, 5.74) is 0.237. The fourth-order valence-electron chi connectivity index (χ4n) is 2.04. The Hall–Kier alpha value is -0.0800. The topological polar surface area (TPSA) is 21.3 Å². The molecule has 84 valence electrons. The molecule has 0 amide bonds. The van der Waals surface area contributed by atoms with Crippen LogP contribution in [-0.2, 0) is 4.74 Å². The number of hydrogen-bond donors (Lipinski definition) is 1. The molecule has 0 aromatic heterocycles. The maximum atomic E-state index is 5.52. The third kappa shape index (κ3) is 3.58. The van der Waals surface area contributed by atoms with Gasteiger partial charge in [-0.05, 0) is 32.2 Å². The fourth-order valence-corrected chi connectivity index (χ4v) is 2.04. The molecule has 0 radical (unpaired) electrons. The molecule has 1 atom stereocenters. The van der Waals surface area contributed by atoms with Crippen LogP contribution in [0, 0.1) is 5.92 Å². The summed E-state index contributed by atoms with van der Waals surface area (Å²) in [6.45, 7) is 9.81. The Morgan fingerprint density at radius 1 is 1.36 bits per heavy atom. The van der Waals surface area contributed by atoms with Gasteiger partial charge in [0.15, 0.2) is 0 Å². The molecular weight excluding hydrogens is 174 g/mol. The predicted octanol–water partition coefficient (Wildman–Crippen LogP) is 2.58. The van der Waals surface area contributed by atoms with E-state index in [4.69, 9.17) is 4.74 Å². The summed E-state index contributed by atoms with van der Waals surface area (Å²) in [5, 5.41) is 3.67. The normalized spacial score (nSPS) is 28.3. The minimum Gasteiger partial charge on any atom is -0.380 e. The van der Waals surface area contributed by atoms with Gasteiger partial charge < -0.3 is 10.1 Å². The number of rotatable bonds is 5. The van der Waals surface area contributed by atoms with Gasteiger partial charge in [-0.25, -0.2) is 0 Å². The van der Waals surface area contributed by atoms with Gasteiger partial charge in [-0.1, -0.05) is 26.7 Å². The van der Waals surface area contributed by atoms with E-state index in [1.807, 2.05) is 0 Å². The first-order valence-corrected chi connectivity index (χ1v) is 6.03. The summed E-state index contributed by atoms with van der Waals surface area (Å²) >= 11 is 0. The molecule has 1 rings (SSSR count). The van der Waals surface area contributed by atoms with E-state index >= 15 is 0 Å². The lowest BCUT2D eigenvalue weighted by atomic mass is 9.93. The van der Waals surface area contributed by atoms with Crippen LogP contribution in [0.3, 0.4) is 0 Å². The Balaban J connectivity index is 2.27. The molecule has 1 aliphatic heterocycles. The monoisotopic (exact) mass is 199 g/mol. The third-order valence-corrected chi connectivity index (χ3v) is 3.41. The van der Waals surface area contributed by atoms with Crippen LogP contribution < -0.4 is 5.32 Å². The highest BCUT2D eigenvalue weighted by molar-refractivity contribution is 4.85. The van der Waals surface area contributed by atoms with Gasteiger partial charge in [0.05, 0.1) is 6.61 Å². The van der Waals surface area contributed by atoms with Crippen LogP contribution in [0.2, 0.25) is 0 Å². The molecule has 0 aromatic carbocycles. The van der Waals surface area contributed by atoms with Gasteiger partial charge in [-0.3, -0.25) is 0 Å². The molecule has 0 aromatic rings. The van der Waals surface area contributed by atoms with E-state index in [9.17, 15) is 0 Å². The molecule has 1 N–H and O–H groups in total. The van der Waals surface area contributed by atoms with E-state index in [-0.39, 0.29) is 5.54 Å². The van der Waals surface area contributed by atoms with Gasteiger partial charge >= 0.3 is 0 Å². The standard InChI is InChI=1S/C12H25NO/c1-4-11(5-2)9-13-12(3)7-6-8-14-10-12/h11,13H,4-10H2,1-3H3. The van der Waals surface area contributed by atoms with Crippen molar-refractivity contribution in [2.24, 2.45) is 5.92 Å². The van der Waals surface area contributed by atoms with Gasteiger partial charge in [0, 0.05) is 12.1 Å². The van der Waals surface area contributed by atoms with Crippen molar-refractivity contribution < 1.29 is 4.74 Å². The maximum Gasteiger partial charge on any atom is 0.0645 e. The Bertz CT molecular complexity index is 148. The van der Waals surface area contributed by atoms with Crippen LogP contribution in [0.1, 0.15) is 46.5 Å². The van der Waals surface area contributed by atoms with E-state index in [2.05, 4.69) is 26.1 Å². The van der Waals surface area contributed by atoms with Crippen molar-refractivity contribution in [1.82, 2.24) is 5.32 Å². The minimum absolute atomic E-state index is 0.237. The second-order valence-electron chi connectivity index (χ2n) is 4.78. The highest BCUT2D eigenvalue weighted by atomic mass is 16.5. The molecule has 1 heterocycles. The van der Waals surface area contributed by atoms with Crippen LogP contribution >= 0.6 is 0 Å². The quantitative estimate of drug-likeness (QED) is 0.735. The highest BCUT2D eigenvalue weighted by Crippen LogP contribution is 2.19. The molecule has 0 aliphatic carbocycles. The first-order valence-electron chi connectivity index (χ1n) is 6.03. The van der Waals surface area contributed by atoms with Gasteiger partial charge in [-0.15, -0.1) is 0 Å². The molecule has 1 saturated heterocycles. The summed E-state index contributed by atoms with van der Waals surface area (Å²) in [6, 6.07) is 0. The molecule has 1 unspecified atom stereocenters. The van der Waals surface area contributed by atoms with E-state index in [0.717, 1.165) is 25.7 Å². The van der Waals surface area contributed by atoms with Crippen molar-refractivity contribution in [1.29, 1.82) is 0 Å². The third-order valence-electron chi connectivity index (χ3n) is 3.41. The lowest BCUT2D eigenvalue weighted by Gasteiger charge is -2.35.